The molecule has 27 heavy (non-hydrogen) atoms. The van der Waals surface area contributed by atoms with Gasteiger partial charge in [0.25, 0.3) is 5.91 Å². The van der Waals surface area contributed by atoms with Gasteiger partial charge in [0, 0.05) is 6.54 Å². The van der Waals surface area contributed by atoms with Crippen molar-refractivity contribution in [2.24, 2.45) is 0 Å². The van der Waals surface area contributed by atoms with E-state index >= 15 is 0 Å². The Labute approximate surface area is 162 Å². The van der Waals surface area contributed by atoms with Crippen LogP contribution < -0.4 is 14.8 Å². The highest BCUT2D eigenvalue weighted by Gasteiger charge is 2.05. The van der Waals surface area contributed by atoms with Gasteiger partial charge in [-0.3, -0.25) is 4.79 Å². The Morgan fingerprint density at radius 3 is 2.48 bits per heavy atom. The topological polar surface area (TPSA) is 47.6 Å². The Bertz CT molecular complexity index is 695. The lowest BCUT2D eigenvalue weighted by Crippen LogP contribution is -2.29. The Balaban J connectivity index is 1.67. The average Bonchev–Trinajstić information content (AvgIpc) is 2.69. The predicted molar refractivity (Wildman–Crippen MR) is 110 cm³/mol. The van der Waals surface area contributed by atoms with E-state index in [1.54, 1.807) is 0 Å². The first-order valence-corrected chi connectivity index (χ1v) is 9.80. The molecule has 0 atom stereocenters. The molecule has 0 bridgehead atoms. The van der Waals surface area contributed by atoms with Gasteiger partial charge >= 0.3 is 0 Å². The molecule has 4 heteroatoms. The number of carbonyl (C=O) groups is 1. The SMILES string of the molecule is CCCOc1ccccc1CCCNC(=O)COc1ccc(C(C)C)cc1. The van der Waals surface area contributed by atoms with Gasteiger partial charge in [0.05, 0.1) is 6.61 Å². The van der Waals surface area contributed by atoms with Crippen molar-refractivity contribution >= 4 is 5.91 Å². The maximum absolute atomic E-state index is 12.0. The van der Waals surface area contributed by atoms with Crippen molar-refractivity contribution < 1.29 is 14.3 Å². The van der Waals surface area contributed by atoms with Gasteiger partial charge in [-0.05, 0) is 54.5 Å². The summed E-state index contributed by atoms with van der Waals surface area (Å²) in [7, 11) is 0. The van der Waals surface area contributed by atoms with Crippen LogP contribution in [-0.2, 0) is 11.2 Å². The molecule has 1 amide bonds. The number of benzene rings is 2. The van der Waals surface area contributed by atoms with Gasteiger partial charge in [0.15, 0.2) is 6.61 Å². The summed E-state index contributed by atoms with van der Waals surface area (Å²) in [6.07, 6.45) is 2.73. The molecule has 0 aliphatic rings. The number of nitrogens with one attached hydrogen (secondary N) is 1. The molecule has 0 saturated carbocycles. The van der Waals surface area contributed by atoms with E-state index in [1.165, 1.54) is 11.1 Å². The van der Waals surface area contributed by atoms with Gasteiger partial charge in [0.1, 0.15) is 11.5 Å². The lowest BCUT2D eigenvalue weighted by molar-refractivity contribution is -0.123. The smallest absolute Gasteiger partial charge is 0.257 e. The molecule has 0 aliphatic carbocycles. The monoisotopic (exact) mass is 369 g/mol. The predicted octanol–water partition coefficient (Wildman–Crippen LogP) is 4.73. The van der Waals surface area contributed by atoms with Gasteiger partial charge in [-0.15, -0.1) is 0 Å². The number of aryl methyl sites for hydroxylation is 1. The van der Waals surface area contributed by atoms with Gasteiger partial charge in [0.2, 0.25) is 0 Å². The van der Waals surface area contributed by atoms with E-state index < -0.39 is 0 Å². The molecule has 2 aromatic rings. The molecule has 0 fully saturated rings. The number of hydrogen-bond donors (Lipinski definition) is 1. The minimum atomic E-state index is -0.0987. The van der Waals surface area contributed by atoms with Crippen molar-refractivity contribution in [2.75, 3.05) is 19.8 Å². The van der Waals surface area contributed by atoms with E-state index in [9.17, 15) is 4.79 Å². The Morgan fingerprint density at radius 2 is 1.78 bits per heavy atom. The van der Waals surface area contributed by atoms with Gasteiger partial charge in [-0.1, -0.05) is 51.1 Å². The summed E-state index contributed by atoms with van der Waals surface area (Å²) in [6, 6.07) is 16.0. The lowest BCUT2D eigenvalue weighted by atomic mass is 10.0. The molecule has 0 unspecified atom stereocenters. The molecule has 4 nitrogen and oxygen atoms in total. The van der Waals surface area contributed by atoms with Gasteiger partial charge in [-0.2, -0.15) is 0 Å². The van der Waals surface area contributed by atoms with Crippen molar-refractivity contribution in [3.05, 3.63) is 59.7 Å². The van der Waals surface area contributed by atoms with Gasteiger partial charge in [-0.25, -0.2) is 0 Å². The number of rotatable bonds is 11. The van der Waals surface area contributed by atoms with Crippen LogP contribution in [0, 0.1) is 0 Å². The average molecular weight is 370 g/mol. The molecule has 0 spiro atoms. The van der Waals surface area contributed by atoms with E-state index in [0.29, 0.717) is 12.5 Å². The second kappa shape index (κ2) is 11.3. The van der Waals surface area contributed by atoms with Crippen LogP contribution in [0.15, 0.2) is 48.5 Å². The quantitative estimate of drug-likeness (QED) is 0.583. The van der Waals surface area contributed by atoms with Crippen molar-refractivity contribution in [1.29, 1.82) is 0 Å². The molecule has 0 radical (unpaired) electrons. The first kappa shape index (κ1) is 20.8. The standard InChI is InChI=1S/C23H31NO3/c1-4-16-26-22-10-6-5-8-20(22)9-7-15-24-23(25)17-27-21-13-11-19(12-14-21)18(2)3/h5-6,8,10-14,18H,4,7,9,15-17H2,1-3H3,(H,24,25). The summed E-state index contributed by atoms with van der Waals surface area (Å²) < 4.78 is 11.3. The minimum Gasteiger partial charge on any atom is -0.493 e. The van der Waals surface area contributed by atoms with Crippen LogP contribution in [0.3, 0.4) is 0 Å². The van der Waals surface area contributed by atoms with Crippen molar-refractivity contribution in [3.8, 4) is 11.5 Å². The van der Waals surface area contributed by atoms with Crippen LogP contribution in [0.2, 0.25) is 0 Å². The third-order valence-electron chi connectivity index (χ3n) is 4.30. The van der Waals surface area contributed by atoms with E-state index in [4.69, 9.17) is 9.47 Å². The fourth-order valence-corrected chi connectivity index (χ4v) is 2.72. The fourth-order valence-electron chi connectivity index (χ4n) is 2.72. The van der Waals surface area contributed by atoms with Crippen molar-refractivity contribution in [3.63, 3.8) is 0 Å². The summed E-state index contributed by atoms with van der Waals surface area (Å²) >= 11 is 0. The zero-order valence-corrected chi connectivity index (χ0v) is 16.7. The lowest BCUT2D eigenvalue weighted by Gasteiger charge is -2.11. The van der Waals surface area contributed by atoms with E-state index in [2.05, 4.69) is 32.2 Å². The highest BCUT2D eigenvalue weighted by atomic mass is 16.5. The van der Waals surface area contributed by atoms with Gasteiger partial charge < -0.3 is 14.8 Å². The number of para-hydroxylation sites is 1. The number of ether oxygens (including phenoxy) is 2. The molecule has 2 rings (SSSR count). The zero-order valence-electron chi connectivity index (χ0n) is 16.7. The van der Waals surface area contributed by atoms with Crippen LogP contribution >= 0.6 is 0 Å². The van der Waals surface area contributed by atoms with Crippen molar-refractivity contribution in [2.45, 2.75) is 46.0 Å². The first-order chi connectivity index (χ1) is 13.1. The Kier molecular flexibility index (Phi) is 8.69. The summed E-state index contributed by atoms with van der Waals surface area (Å²) in [5, 5.41) is 2.91. The maximum Gasteiger partial charge on any atom is 0.257 e. The molecular weight excluding hydrogens is 338 g/mol. The van der Waals surface area contributed by atoms with Crippen LogP contribution in [0.25, 0.3) is 0 Å². The summed E-state index contributed by atoms with van der Waals surface area (Å²) in [5.74, 6) is 2.05. The largest absolute Gasteiger partial charge is 0.493 e. The van der Waals surface area contributed by atoms with Crippen LogP contribution in [0.4, 0.5) is 0 Å². The third-order valence-corrected chi connectivity index (χ3v) is 4.30. The molecule has 0 aromatic heterocycles. The second-order valence-corrected chi connectivity index (χ2v) is 6.92. The number of hydrogen-bond acceptors (Lipinski definition) is 3. The first-order valence-electron chi connectivity index (χ1n) is 9.80. The van der Waals surface area contributed by atoms with Crippen LogP contribution in [0.5, 0.6) is 11.5 Å². The minimum absolute atomic E-state index is 0.0389. The molecule has 0 heterocycles. The Morgan fingerprint density at radius 1 is 1.04 bits per heavy atom. The van der Waals surface area contributed by atoms with Crippen LogP contribution in [-0.4, -0.2) is 25.7 Å². The van der Waals surface area contributed by atoms with E-state index in [-0.39, 0.29) is 12.5 Å². The highest BCUT2D eigenvalue weighted by Crippen LogP contribution is 2.20. The highest BCUT2D eigenvalue weighted by molar-refractivity contribution is 5.77. The summed E-state index contributed by atoms with van der Waals surface area (Å²) in [4.78, 5) is 12.0. The number of amides is 1. The normalized spacial score (nSPS) is 10.7. The summed E-state index contributed by atoms with van der Waals surface area (Å²) in [6.45, 7) is 7.78. The van der Waals surface area contributed by atoms with Crippen molar-refractivity contribution in [1.82, 2.24) is 5.32 Å². The summed E-state index contributed by atoms with van der Waals surface area (Å²) in [5.41, 5.74) is 2.44. The maximum atomic E-state index is 12.0. The third kappa shape index (κ3) is 7.33. The molecule has 0 aliphatic heterocycles. The second-order valence-electron chi connectivity index (χ2n) is 6.92. The molecule has 0 saturated heterocycles. The van der Waals surface area contributed by atoms with E-state index in [1.807, 2.05) is 42.5 Å². The molecule has 2 aromatic carbocycles. The zero-order chi connectivity index (χ0) is 19.5. The fraction of sp³-hybridized carbons (Fsp3) is 0.435. The van der Waals surface area contributed by atoms with E-state index in [0.717, 1.165) is 37.4 Å². The molecule has 146 valence electrons. The molecular formula is C23H31NO3. The molecule has 1 N–H and O–H groups in total. The van der Waals surface area contributed by atoms with Crippen LogP contribution in [0.1, 0.15) is 50.7 Å². The number of carbonyl (C=O) groups excluding carboxylic acids is 1. The Hall–Kier alpha value is -2.49.